The van der Waals surface area contributed by atoms with Crippen LogP contribution < -0.4 is 4.72 Å². The Morgan fingerprint density at radius 1 is 1.35 bits per heavy atom. The summed E-state index contributed by atoms with van der Waals surface area (Å²) in [4.78, 5) is 0. The van der Waals surface area contributed by atoms with Gasteiger partial charge in [0, 0.05) is 7.05 Å². The van der Waals surface area contributed by atoms with Crippen molar-refractivity contribution < 1.29 is 12.8 Å². The van der Waals surface area contributed by atoms with Crippen molar-refractivity contribution in [2.75, 3.05) is 4.72 Å². The first-order chi connectivity index (χ1) is 9.22. The fraction of sp³-hybridized carbons (Fsp3) is 0.111. The second-order valence-electron chi connectivity index (χ2n) is 3.66. The van der Waals surface area contributed by atoms with Gasteiger partial charge >= 0.3 is 0 Å². The molecule has 11 heteroatoms. The van der Waals surface area contributed by atoms with Crippen molar-refractivity contribution in [3.8, 4) is 0 Å². The molecule has 0 amide bonds. The van der Waals surface area contributed by atoms with Crippen LogP contribution in [0.2, 0.25) is 10.0 Å². The summed E-state index contributed by atoms with van der Waals surface area (Å²) >= 11 is 14.5. The second-order valence-corrected chi connectivity index (χ2v) is 6.82. The molecule has 0 fully saturated rings. The molecule has 0 spiro atoms. The Morgan fingerprint density at radius 3 is 2.35 bits per heavy atom. The topological polar surface area (TPSA) is 76.9 Å². The van der Waals surface area contributed by atoms with Gasteiger partial charge in [-0.2, -0.15) is 8.42 Å². The van der Waals surface area contributed by atoms with Crippen LogP contribution in [0.1, 0.15) is 0 Å². The summed E-state index contributed by atoms with van der Waals surface area (Å²) in [6.45, 7) is 0. The summed E-state index contributed by atoms with van der Waals surface area (Å²) in [6, 6.07) is 1.89. The number of nitrogens with one attached hydrogen (secondary N) is 1. The summed E-state index contributed by atoms with van der Waals surface area (Å²) in [5.74, 6) is -0.675. The average molecular weight is 404 g/mol. The molecule has 1 N–H and O–H groups in total. The first kappa shape index (κ1) is 15.5. The van der Waals surface area contributed by atoms with Gasteiger partial charge in [-0.3, -0.25) is 4.72 Å². The average Bonchev–Trinajstić information content (AvgIpc) is 2.64. The predicted octanol–water partition coefficient (Wildman–Crippen LogP) is 2.82. The lowest BCUT2D eigenvalue weighted by Gasteiger charge is -2.11. The summed E-state index contributed by atoms with van der Waals surface area (Å²) in [5, 5.41) is 6.59. The Bertz CT molecular complexity index is 738. The number of halogens is 4. The molecule has 6 nitrogen and oxygen atoms in total. The van der Waals surface area contributed by atoms with Crippen LogP contribution >= 0.6 is 39.1 Å². The zero-order valence-electron chi connectivity index (χ0n) is 9.73. The maximum Gasteiger partial charge on any atom is 0.282 e. The van der Waals surface area contributed by atoms with Crippen molar-refractivity contribution in [3.63, 3.8) is 0 Å². The molecule has 0 saturated carbocycles. The zero-order valence-corrected chi connectivity index (χ0v) is 13.6. The number of nitrogens with zero attached hydrogens (tertiary/aromatic N) is 3. The van der Waals surface area contributed by atoms with Crippen LogP contribution in [0.5, 0.6) is 0 Å². The van der Waals surface area contributed by atoms with Crippen LogP contribution in [0, 0.1) is 5.82 Å². The van der Waals surface area contributed by atoms with E-state index in [1.807, 2.05) is 0 Å². The molecule has 108 valence electrons. The minimum atomic E-state index is -4.04. The van der Waals surface area contributed by atoms with Gasteiger partial charge in [-0.25, -0.2) is 9.07 Å². The lowest BCUT2D eigenvalue weighted by Crippen LogP contribution is -2.17. The van der Waals surface area contributed by atoms with Gasteiger partial charge in [0.15, 0.2) is 4.60 Å². The van der Waals surface area contributed by atoms with Crippen molar-refractivity contribution >= 4 is 54.8 Å². The van der Waals surface area contributed by atoms with Crippen LogP contribution in [-0.4, -0.2) is 23.4 Å². The smallest absolute Gasteiger partial charge is 0.275 e. The molecule has 0 bridgehead atoms. The third kappa shape index (κ3) is 2.90. The fourth-order valence-electron chi connectivity index (χ4n) is 1.43. The van der Waals surface area contributed by atoms with Gasteiger partial charge in [0.25, 0.3) is 10.0 Å². The van der Waals surface area contributed by atoms with E-state index in [1.54, 1.807) is 0 Å². The minimum Gasteiger partial charge on any atom is -0.275 e. The largest absolute Gasteiger partial charge is 0.282 e. The van der Waals surface area contributed by atoms with E-state index in [2.05, 4.69) is 31.0 Å². The summed E-state index contributed by atoms with van der Waals surface area (Å²) in [6.07, 6.45) is 0. The Balaban J connectivity index is 2.50. The number of aryl methyl sites for hydroxylation is 1. The van der Waals surface area contributed by atoms with Crippen LogP contribution in [-0.2, 0) is 17.1 Å². The zero-order chi connectivity index (χ0) is 15.1. The van der Waals surface area contributed by atoms with Gasteiger partial charge in [0.1, 0.15) is 5.82 Å². The number of hydrogen-bond acceptors (Lipinski definition) is 4. The Kier molecular flexibility index (Phi) is 4.24. The third-order valence-electron chi connectivity index (χ3n) is 2.23. The highest BCUT2D eigenvalue weighted by molar-refractivity contribution is 9.10. The molecular weight excluding hydrogens is 398 g/mol. The van der Waals surface area contributed by atoms with E-state index < -0.39 is 15.8 Å². The molecule has 0 atom stereocenters. The third-order valence-corrected chi connectivity index (χ3v) is 5.07. The van der Waals surface area contributed by atoms with E-state index in [0.29, 0.717) is 0 Å². The molecule has 0 aliphatic heterocycles. The quantitative estimate of drug-likeness (QED) is 0.854. The summed E-state index contributed by atoms with van der Waals surface area (Å²) in [5.41, 5.74) is -0.122. The molecule has 0 aliphatic carbocycles. The van der Waals surface area contributed by atoms with E-state index in [-0.39, 0.29) is 25.4 Å². The van der Waals surface area contributed by atoms with Gasteiger partial charge in [0.05, 0.1) is 15.7 Å². The minimum absolute atomic E-state index is 0.0295. The van der Waals surface area contributed by atoms with Crippen molar-refractivity contribution in [3.05, 3.63) is 32.6 Å². The van der Waals surface area contributed by atoms with Crippen molar-refractivity contribution in [2.45, 2.75) is 5.03 Å². The molecule has 0 saturated heterocycles. The number of aromatic nitrogens is 3. The molecule has 20 heavy (non-hydrogen) atoms. The van der Waals surface area contributed by atoms with Gasteiger partial charge in [-0.05, 0) is 28.1 Å². The van der Waals surface area contributed by atoms with E-state index >= 15 is 0 Å². The first-order valence-corrected chi connectivity index (χ1v) is 7.98. The molecule has 0 unspecified atom stereocenters. The highest BCUT2D eigenvalue weighted by Crippen LogP contribution is 2.33. The van der Waals surface area contributed by atoms with Gasteiger partial charge in [-0.15, -0.1) is 5.10 Å². The number of benzene rings is 1. The molecule has 1 aromatic heterocycles. The Labute approximate surface area is 132 Å². The molecule has 2 aromatic rings. The molecule has 1 heterocycles. The molecular formula is C9H6BrCl2FN4O2S. The van der Waals surface area contributed by atoms with Crippen molar-refractivity contribution in [1.29, 1.82) is 0 Å². The number of sulfonamides is 1. The van der Waals surface area contributed by atoms with E-state index in [0.717, 1.165) is 16.8 Å². The Hall–Kier alpha value is -0.900. The fourth-order valence-corrected chi connectivity index (χ4v) is 4.30. The molecule has 0 radical (unpaired) electrons. The van der Waals surface area contributed by atoms with Crippen LogP contribution in [0.3, 0.4) is 0 Å². The van der Waals surface area contributed by atoms with Crippen LogP contribution in [0.25, 0.3) is 0 Å². The number of rotatable bonds is 3. The highest BCUT2D eigenvalue weighted by Gasteiger charge is 2.26. The summed E-state index contributed by atoms with van der Waals surface area (Å²) < 4.78 is 40.8. The molecule has 1 aromatic carbocycles. The second kappa shape index (κ2) is 5.47. The molecule has 2 rings (SSSR count). The molecule has 0 aliphatic rings. The highest BCUT2D eigenvalue weighted by atomic mass is 79.9. The Morgan fingerprint density at radius 2 is 1.90 bits per heavy atom. The first-order valence-electron chi connectivity index (χ1n) is 4.95. The normalized spacial score (nSPS) is 11.7. The van der Waals surface area contributed by atoms with Crippen molar-refractivity contribution in [1.82, 2.24) is 15.0 Å². The van der Waals surface area contributed by atoms with Crippen molar-refractivity contribution in [2.24, 2.45) is 7.05 Å². The summed E-state index contributed by atoms with van der Waals surface area (Å²) in [7, 11) is -2.64. The standard InChI is InChI=1S/C9H6BrCl2FN4O2S/c1-17-9(8(10)14-16-17)20(18,19)15-7-5(11)2-4(13)3-6(7)12/h2-3,15H,1H3. The number of anilines is 1. The monoisotopic (exact) mass is 402 g/mol. The van der Waals surface area contributed by atoms with Crippen LogP contribution in [0.15, 0.2) is 21.8 Å². The lowest BCUT2D eigenvalue weighted by atomic mass is 10.3. The lowest BCUT2D eigenvalue weighted by molar-refractivity contribution is 0.578. The van der Waals surface area contributed by atoms with Gasteiger partial charge < -0.3 is 0 Å². The number of hydrogen-bond donors (Lipinski definition) is 1. The maximum absolute atomic E-state index is 13.1. The SMILES string of the molecule is Cn1nnc(Br)c1S(=O)(=O)Nc1c(Cl)cc(F)cc1Cl. The predicted molar refractivity (Wildman–Crippen MR) is 75.9 cm³/mol. The van der Waals surface area contributed by atoms with Gasteiger partial charge in [0.2, 0.25) is 5.03 Å². The van der Waals surface area contributed by atoms with Crippen LogP contribution in [0.4, 0.5) is 10.1 Å². The van der Waals surface area contributed by atoms with E-state index in [1.165, 1.54) is 7.05 Å². The van der Waals surface area contributed by atoms with Gasteiger partial charge in [-0.1, -0.05) is 28.4 Å². The van der Waals surface area contributed by atoms with E-state index in [4.69, 9.17) is 23.2 Å². The maximum atomic E-state index is 13.1. The van der Waals surface area contributed by atoms with E-state index in [9.17, 15) is 12.8 Å².